The van der Waals surface area contributed by atoms with Gasteiger partial charge in [-0.1, -0.05) is 26.0 Å². The van der Waals surface area contributed by atoms with Gasteiger partial charge in [-0.2, -0.15) is 10.2 Å². The molecule has 396 valence electrons. The number of sulfonamides is 1. The molecule has 0 bridgehead atoms. The van der Waals surface area contributed by atoms with Crippen molar-refractivity contribution in [2.24, 2.45) is 0 Å². The van der Waals surface area contributed by atoms with Gasteiger partial charge in [0.25, 0.3) is 0 Å². The van der Waals surface area contributed by atoms with Crippen molar-refractivity contribution in [3.63, 3.8) is 0 Å². The van der Waals surface area contributed by atoms with Crippen LogP contribution in [0.15, 0.2) is 98.1 Å². The first-order valence-corrected chi connectivity index (χ1v) is 28.4. The Bertz CT molecular complexity index is 3590. The molecule has 0 atom stereocenters. The van der Waals surface area contributed by atoms with Crippen LogP contribution in [0.5, 0.6) is 23.0 Å². The minimum Gasteiger partial charge on any atom is -0.395 e. The number of fused-ring (bicyclic) bond motifs is 4. The molecule has 0 amide bonds. The van der Waals surface area contributed by atoms with Gasteiger partial charge in [-0.3, -0.25) is 9.36 Å². The molecule has 2 saturated heterocycles. The number of piperidine rings is 2. The maximum absolute atomic E-state index is 13.4. The smallest absolute Gasteiger partial charge is 0.395 e. The van der Waals surface area contributed by atoms with Crippen molar-refractivity contribution in [1.82, 2.24) is 49.1 Å². The molecule has 4 aliphatic heterocycles. The van der Waals surface area contributed by atoms with Gasteiger partial charge in [-0.25, -0.2) is 31.1 Å². The number of hydrogen-bond acceptors (Lipinski definition) is 13. The second kappa shape index (κ2) is 20.8. The van der Waals surface area contributed by atoms with Crippen LogP contribution in [0.2, 0.25) is 0 Å². The number of ether oxygens (including phenoxy) is 4. The van der Waals surface area contributed by atoms with Crippen LogP contribution in [0.4, 0.5) is 17.6 Å². The zero-order valence-electron chi connectivity index (χ0n) is 40.5. The highest BCUT2D eigenvalue weighted by molar-refractivity contribution is 8.13. The molecular weight excluding hydrogens is 1040 g/mol. The third-order valence-corrected chi connectivity index (χ3v) is 16.6. The van der Waals surface area contributed by atoms with Crippen molar-refractivity contribution in [1.29, 1.82) is 0 Å². The van der Waals surface area contributed by atoms with Gasteiger partial charge in [0, 0.05) is 105 Å². The summed E-state index contributed by atoms with van der Waals surface area (Å²) >= 11 is 0. The summed E-state index contributed by atoms with van der Waals surface area (Å²) in [6.07, 6.45) is 12.2. The molecule has 12 rings (SSSR count). The molecule has 2 aromatic carbocycles. The average Bonchev–Trinajstić information content (AvgIpc) is 4.26. The van der Waals surface area contributed by atoms with Crippen molar-refractivity contribution in [3.8, 4) is 67.5 Å². The summed E-state index contributed by atoms with van der Waals surface area (Å²) in [5, 5.41) is 14.2. The SMILES string of the molecule is CCCS(=O)(=O)Cl.CCCS(=O)(=O)N1CCC(n2cc(-c3cnc4[nH]cc(-c5ccc6c(c5)OC(F)(F)O6)c4c3)cn2)CC1.FC1(F)Oc2ccc(-c3c[nH]c4ncc(-c5cnn(C6CCNCC6)c5)cc34)cc2O1. The van der Waals surface area contributed by atoms with E-state index in [1.807, 2.05) is 53.2 Å². The van der Waals surface area contributed by atoms with Crippen molar-refractivity contribution in [2.75, 3.05) is 37.7 Å². The number of benzene rings is 2. The number of pyridine rings is 2. The van der Waals surface area contributed by atoms with E-state index in [0.29, 0.717) is 61.7 Å². The molecule has 0 unspecified atom stereocenters. The van der Waals surface area contributed by atoms with Crippen LogP contribution in [0.3, 0.4) is 0 Å². The third kappa shape index (κ3) is 11.6. The zero-order chi connectivity index (χ0) is 52.7. The lowest BCUT2D eigenvalue weighted by molar-refractivity contribution is -0.287. The van der Waals surface area contributed by atoms with E-state index in [0.717, 1.165) is 75.6 Å². The minimum atomic E-state index is -3.67. The molecule has 4 aliphatic rings. The average molecular weight is 1100 g/mol. The van der Waals surface area contributed by atoms with Gasteiger partial charge >= 0.3 is 12.6 Å². The lowest BCUT2D eigenvalue weighted by atomic mass is 10.0. The quantitative estimate of drug-likeness (QED) is 0.0813. The fourth-order valence-electron chi connectivity index (χ4n) is 9.49. The van der Waals surface area contributed by atoms with Gasteiger partial charge in [-0.05, 0) is 99.1 Å². The van der Waals surface area contributed by atoms with Crippen LogP contribution in [0.25, 0.3) is 66.6 Å². The number of nitrogens with one attached hydrogen (secondary N) is 3. The number of aromatic amines is 2. The highest BCUT2D eigenvalue weighted by Crippen LogP contribution is 2.46. The summed E-state index contributed by atoms with van der Waals surface area (Å²) < 4.78 is 122. The molecule has 0 aliphatic carbocycles. The van der Waals surface area contributed by atoms with E-state index in [-0.39, 0.29) is 40.5 Å². The number of H-pyrrole nitrogens is 2. The Morgan fingerprint density at radius 1 is 0.600 bits per heavy atom. The van der Waals surface area contributed by atoms with E-state index in [9.17, 15) is 34.4 Å². The van der Waals surface area contributed by atoms with Crippen molar-refractivity contribution in [3.05, 3.63) is 98.1 Å². The van der Waals surface area contributed by atoms with Gasteiger partial charge in [0.15, 0.2) is 23.0 Å². The molecule has 10 heterocycles. The fraction of sp³-hybridized carbons (Fsp3) is 0.360. The third-order valence-electron chi connectivity index (χ3n) is 13.1. The highest BCUT2D eigenvalue weighted by atomic mass is 35.7. The summed E-state index contributed by atoms with van der Waals surface area (Å²) in [7, 11) is -1.58. The van der Waals surface area contributed by atoms with Crippen LogP contribution in [0.1, 0.15) is 64.5 Å². The number of halogens is 5. The number of alkyl halides is 4. The fourth-order valence-corrected chi connectivity index (χ4v) is 12.0. The Labute approximate surface area is 432 Å². The second-order valence-electron chi connectivity index (χ2n) is 18.4. The van der Waals surface area contributed by atoms with Crippen LogP contribution >= 0.6 is 10.7 Å². The van der Waals surface area contributed by atoms with Crippen LogP contribution in [-0.4, -0.2) is 111 Å². The highest BCUT2D eigenvalue weighted by Gasteiger charge is 2.44. The van der Waals surface area contributed by atoms with Crippen LogP contribution in [-0.2, 0) is 19.1 Å². The van der Waals surface area contributed by atoms with E-state index in [1.54, 1.807) is 48.0 Å². The largest absolute Gasteiger partial charge is 0.586 e. The number of hydrogen-bond donors (Lipinski definition) is 3. The Balaban J connectivity index is 0.000000154. The minimum absolute atomic E-state index is 0.00591. The van der Waals surface area contributed by atoms with Gasteiger partial charge in [-0.15, -0.1) is 17.6 Å². The summed E-state index contributed by atoms with van der Waals surface area (Å²) in [6.45, 7) is 6.62. The Kier molecular flexibility index (Phi) is 14.3. The summed E-state index contributed by atoms with van der Waals surface area (Å²) in [4.78, 5) is 15.3. The monoisotopic (exact) mass is 1090 g/mol. The number of nitrogens with zero attached hydrogens (tertiary/aromatic N) is 7. The molecule has 3 N–H and O–H groups in total. The molecule has 0 saturated carbocycles. The van der Waals surface area contributed by atoms with Crippen molar-refractivity contribution < 1.29 is 53.3 Å². The van der Waals surface area contributed by atoms with Crippen molar-refractivity contribution in [2.45, 2.75) is 77.0 Å². The lowest BCUT2D eigenvalue weighted by Crippen LogP contribution is -2.40. The number of aromatic nitrogens is 8. The molecule has 18 nitrogen and oxygen atoms in total. The molecular formula is C50H51ClF4N10O8S2. The van der Waals surface area contributed by atoms with Crippen LogP contribution in [0, 0.1) is 0 Å². The van der Waals surface area contributed by atoms with Gasteiger partial charge in [0.05, 0.1) is 36.0 Å². The van der Waals surface area contributed by atoms with E-state index < -0.39 is 31.7 Å². The zero-order valence-corrected chi connectivity index (χ0v) is 42.9. The molecule has 25 heteroatoms. The maximum Gasteiger partial charge on any atom is 0.586 e. The predicted octanol–water partition coefficient (Wildman–Crippen LogP) is 10.1. The first kappa shape index (κ1) is 51.7. The Morgan fingerprint density at radius 3 is 1.49 bits per heavy atom. The summed E-state index contributed by atoms with van der Waals surface area (Å²) in [5.74, 6) is 0.277. The molecule has 6 aromatic heterocycles. The van der Waals surface area contributed by atoms with Crippen molar-refractivity contribution >= 4 is 51.8 Å². The molecule has 0 spiro atoms. The van der Waals surface area contributed by atoms with E-state index in [1.165, 1.54) is 18.2 Å². The standard InChI is InChI=1S/C25H25F2N5O4S.C22H19F2N5O2.C3H7ClO2S/c1-2-9-37(33,34)31-7-5-19(6-8-31)32-15-18(13-30-32)17-10-20-21(14-29-24(20)28-12-17)16-3-4-22-23(11-16)36-25(26,27)35-22;23-22(24)30-19-2-1-13(8-20(19)31-22)18-11-27-21-17(18)7-14(9-26-21)15-10-28-29(12-15)16-3-5-25-6-4-16;1-2-3-7(4,5)6/h3-4,10-15,19H,2,5-9H2,1H3,(H,28,29);1-2,7-12,16,25H,3-6H2,(H,26,27);2-3H2,1H3. The normalized spacial score (nSPS) is 17.4. The Morgan fingerprint density at radius 2 is 1.05 bits per heavy atom. The van der Waals surface area contributed by atoms with Gasteiger partial charge < -0.3 is 34.2 Å². The molecule has 0 radical (unpaired) electrons. The Hall–Kier alpha value is -6.73. The van der Waals surface area contributed by atoms with Gasteiger partial charge in [0.2, 0.25) is 19.1 Å². The molecule has 8 aromatic rings. The number of rotatable bonds is 11. The first-order valence-electron chi connectivity index (χ1n) is 24.3. The topological polar surface area (TPSA) is 213 Å². The molecule has 75 heavy (non-hydrogen) atoms. The first-order chi connectivity index (χ1) is 35.8. The molecule has 2 fully saturated rings. The summed E-state index contributed by atoms with van der Waals surface area (Å²) in [6, 6.07) is 14.0. The van der Waals surface area contributed by atoms with Gasteiger partial charge in [0.1, 0.15) is 11.3 Å². The van der Waals surface area contributed by atoms with E-state index >= 15 is 0 Å². The van der Waals surface area contributed by atoms with E-state index in [2.05, 4.69) is 60.6 Å². The predicted molar refractivity (Wildman–Crippen MR) is 273 cm³/mol. The maximum atomic E-state index is 13.4. The lowest BCUT2D eigenvalue weighted by Gasteiger charge is -2.31. The second-order valence-corrected chi connectivity index (χ2v) is 23.4. The summed E-state index contributed by atoms with van der Waals surface area (Å²) in [5.41, 5.74) is 8.10. The van der Waals surface area contributed by atoms with Crippen LogP contribution < -0.4 is 24.3 Å². The van der Waals surface area contributed by atoms with E-state index in [4.69, 9.17) is 10.7 Å².